The first kappa shape index (κ1) is 12.3. The summed E-state index contributed by atoms with van der Waals surface area (Å²) >= 11 is 0. The van der Waals surface area contributed by atoms with Gasteiger partial charge in [-0.1, -0.05) is 24.3 Å². The topological polar surface area (TPSA) is 41.5 Å². The van der Waals surface area contributed by atoms with Crippen LogP contribution in [0.5, 0.6) is 11.5 Å². The Morgan fingerprint density at radius 3 is 2.61 bits per heavy atom. The van der Waals surface area contributed by atoms with Crippen LogP contribution in [0, 0.1) is 0 Å². The Hall–Kier alpha value is -2.16. The number of rotatable bonds is 4. The molecule has 1 atom stereocenters. The van der Waals surface area contributed by atoms with Gasteiger partial charge in [-0.2, -0.15) is 0 Å². The van der Waals surface area contributed by atoms with Crippen LogP contribution in [-0.4, -0.2) is 12.2 Å². The highest BCUT2D eigenvalue weighted by Gasteiger charge is 2.09. The Bertz CT molecular complexity index is 525. The van der Waals surface area contributed by atoms with Crippen LogP contribution in [0.2, 0.25) is 0 Å². The van der Waals surface area contributed by atoms with Crippen molar-refractivity contribution in [2.24, 2.45) is 0 Å². The molecule has 2 N–H and O–H groups in total. The summed E-state index contributed by atoms with van der Waals surface area (Å²) in [5.41, 5.74) is 1.84. The highest BCUT2D eigenvalue weighted by Crippen LogP contribution is 2.27. The molecule has 0 amide bonds. The van der Waals surface area contributed by atoms with Crippen molar-refractivity contribution in [3.05, 3.63) is 54.1 Å². The van der Waals surface area contributed by atoms with E-state index in [9.17, 15) is 5.11 Å². The number of hydrogen-bond acceptors (Lipinski definition) is 3. The van der Waals surface area contributed by atoms with Gasteiger partial charge >= 0.3 is 0 Å². The van der Waals surface area contributed by atoms with Gasteiger partial charge in [0.25, 0.3) is 0 Å². The summed E-state index contributed by atoms with van der Waals surface area (Å²) in [6.45, 7) is 2.01. The first-order chi connectivity index (χ1) is 8.70. The van der Waals surface area contributed by atoms with E-state index in [1.54, 1.807) is 13.2 Å². The van der Waals surface area contributed by atoms with E-state index in [4.69, 9.17) is 4.74 Å². The second kappa shape index (κ2) is 5.45. The third kappa shape index (κ3) is 2.74. The van der Waals surface area contributed by atoms with E-state index >= 15 is 0 Å². The number of nitrogens with one attached hydrogen (secondary N) is 1. The number of anilines is 1. The molecule has 3 heteroatoms. The van der Waals surface area contributed by atoms with Crippen molar-refractivity contribution in [3.63, 3.8) is 0 Å². The van der Waals surface area contributed by atoms with Gasteiger partial charge < -0.3 is 15.2 Å². The van der Waals surface area contributed by atoms with E-state index in [0.717, 1.165) is 17.0 Å². The van der Waals surface area contributed by atoms with Gasteiger partial charge in [0.1, 0.15) is 11.5 Å². The Morgan fingerprint density at radius 2 is 1.89 bits per heavy atom. The van der Waals surface area contributed by atoms with E-state index in [1.807, 2.05) is 49.4 Å². The lowest BCUT2D eigenvalue weighted by Crippen LogP contribution is -2.06. The first-order valence-electron chi connectivity index (χ1n) is 5.89. The van der Waals surface area contributed by atoms with Crippen LogP contribution in [0.3, 0.4) is 0 Å². The summed E-state index contributed by atoms with van der Waals surface area (Å²) in [5.74, 6) is 1.12. The van der Waals surface area contributed by atoms with E-state index in [1.165, 1.54) is 0 Å². The van der Waals surface area contributed by atoms with E-state index < -0.39 is 0 Å². The summed E-state index contributed by atoms with van der Waals surface area (Å²) in [6.07, 6.45) is 0. The van der Waals surface area contributed by atoms with Crippen molar-refractivity contribution < 1.29 is 9.84 Å². The standard InChI is InChI=1S/C15H17NO2/c1-11(14-8-3-4-9-15(14)17)16-12-6-5-7-13(10-12)18-2/h3-11,16-17H,1-2H3. The molecule has 0 saturated carbocycles. The fraction of sp³-hybridized carbons (Fsp3) is 0.200. The molecule has 18 heavy (non-hydrogen) atoms. The van der Waals surface area contributed by atoms with Gasteiger partial charge in [-0.3, -0.25) is 0 Å². The van der Waals surface area contributed by atoms with Gasteiger partial charge in [-0.25, -0.2) is 0 Å². The minimum Gasteiger partial charge on any atom is -0.508 e. The first-order valence-corrected chi connectivity index (χ1v) is 5.89. The fourth-order valence-corrected chi connectivity index (χ4v) is 1.89. The molecular formula is C15H17NO2. The normalized spacial score (nSPS) is 11.9. The quantitative estimate of drug-likeness (QED) is 0.862. The third-order valence-electron chi connectivity index (χ3n) is 2.86. The predicted molar refractivity (Wildman–Crippen MR) is 73.1 cm³/mol. The van der Waals surface area contributed by atoms with Gasteiger partial charge in [0.2, 0.25) is 0 Å². The van der Waals surface area contributed by atoms with Crippen LogP contribution >= 0.6 is 0 Å². The molecule has 2 aromatic carbocycles. The van der Waals surface area contributed by atoms with Gasteiger partial charge in [-0.15, -0.1) is 0 Å². The zero-order chi connectivity index (χ0) is 13.0. The summed E-state index contributed by atoms with van der Waals surface area (Å²) in [6, 6.07) is 15.1. The van der Waals surface area contributed by atoms with Gasteiger partial charge in [0, 0.05) is 17.3 Å². The number of aromatic hydroxyl groups is 1. The molecule has 2 aromatic rings. The Balaban J connectivity index is 2.16. The van der Waals surface area contributed by atoms with Crippen molar-refractivity contribution in [2.75, 3.05) is 12.4 Å². The van der Waals surface area contributed by atoms with Crippen LogP contribution in [0.25, 0.3) is 0 Å². The number of benzene rings is 2. The van der Waals surface area contributed by atoms with E-state index in [-0.39, 0.29) is 6.04 Å². The molecule has 0 aliphatic rings. The molecule has 0 aliphatic heterocycles. The van der Waals surface area contributed by atoms with E-state index in [2.05, 4.69) is 5.32 Å². The second-order valence-electron chi connectivity index (χ2n) is 4.16. The Labute approximate surface area is 107 Å². The van der Waals surface area contributed by atoms with Crippen molar-refractivity contribution >= 4 is 5.69 Å². The van der Waals surface area contributed by atoms with Crippen LogP contribution in [0.15, 0.2) is 48.5 Å². The van der Waals surface area contributed by atoms with E-state index in [0.29, 0.717) is 5.75 Å². The van der Waals surface area contributed by atoms with Crippen LogP contribution in [-0.2, 0) is 0 Å². The molecule has 0 aromatic heterocycles. The lowest BCUT2D eigenvalue weighted by Gasteiger charge is -2.17. The molecular weight excluding hydrogens is 226 g/mol. The maximum atomic E-state index is 9.80. The molecule has 0 aliphatic carbocycles. The third-order valence-corrected chi connectivity index (χ3v) is 2.86. The molecule has 0 fully saturated rings. The molecule has 1 unspecified atom stereocenters. The van der Waals surface area contributed by atoms with Crippen LogP contribution < -0.4 is 10.1 Å². The van der Waals surface area contributed by atoms with Crippen LogP contribution in [0.1, 0.15) is 18.5 Å². The van der Waals surface area contributed by atoms with Crippen LogP contribution in [0.4, 0.5) is 5.69 Å². The van der Waals surface area contributed by atoms with Crippen molar-refractivity contribution in [3.8, 4) is 11.5 Å². The summed E-state index contributed by atoms with van der Waals surface area (Å²) in [5, 5.41) is 13.1. The Morgan fingerprint density at radius 1 is 1.11 bits per heavy atom. The maximum absolute atomic E-state index is 9.80. The fourth-order valence-electron chi connectivity index (χ4n) is 1.89. The maximum Gasteiger partial charge on any atom is 0.120 e. The Kier molecular flexibility index (Phi) is 3.72. The number of ether oxygens (including phenoxy) is 1. The predicted octanol–water partition coefficient (Wildman–Crippen LogP) is 3.57. The smallest absolute Gasteiger partial charge is 0.120 e. The molecule has 3 nitrogen and oxygen atoms in total. The number of para-hydroxylation sites is 1. The zero-order valence-electron chi connectivity index (χ0n) is 10.6. The number of hydrogen-bond donors (Lipinski definition) is 2. The average molecular weight is 243 g/mol. The lowest BCUT2D eigenvalue weighted by molar-refractivity contribution is 0.415. The lowest BCUT2D eigenvalue weighted by atomic mass is 10.1. The molecule has 0 radical (unpaired) electrons. The van der Waals surface area contributed by atoms with Crippen molar-refractivity contribution in [1.29, 1.82) is 0 Å². The monoisotopic (exact) mass is 243 g/mol. The van der Waals surface area contributed by atoms with Crippen molar-refractivity contribution in [2.45, 2.75) is 13.0 Å². The summed E-state index contributed by atoms with van der Waals surface area (Å²) in [4.78, 5) is 0. The van der Waals surface area contributed by atoms with Gasteiger partial charge in [0.15, 0.2) is 0 Å². The minimum absolute atomic E-state index is 0.0262. The highest BCUT2D eigenvalue weighted by molar-refractivity contribution is 5.50. The number of phenols is 1. The summed E-state index contributed by atoms with van der Waals surface area (Å²) in [7, 11) is 1.64. The average Bonchev–Trinajstić information content (AvgIpc) is 2.39. The van der Waals surface area contributed by atoms with Gasteiger partial charge in [0.05, 0.1) is 13.2 Å². The SMILES string of the molecule is COc1cccc(NC(C)c2ccccc2O)c1. The largest absolute Gasteiger partial charge is 0.508 e. The molecule has 0 heterocycles. The zero-order valence-corrected chi connectivity index (χ0v) is 10.6. The molecule has 0 saturated heterocycles. The number of methoxy groups -OCH3 is 1. The minimum atomic E-state index is 0.0262. The molecule has 0 bridgehead atoms. The molecule has 0 spiro atoms. The van der Waals surface area contributed by atoms with Crippen molar-refractivity contribution in [1.82, 2.24) is 0 Å². The molecule has 2 rings (SSSR count). The van der Waals surface area contributed by atoms with Gasteiger partial charge in [-0.05, 0) is 25.1 Å². The molecule has 94 valence electrons. The number of phenolic OH excluding ortho intramolecular Hbond substituents is 1. The highest BCUT2D eigenvalue weighted by atomic mass is 16.5. The second-order valence-corrected chi connectivity index (χ2v) is 4.16. The summed E-state index contributed by atoms with van der Waals surface area (Å²) < 4.78 is 5.18.